The third-order valence-electron chi connectivity index (χ3n) is 10.1. The second kappa shape index (κ2) is 24.7. The average molecular weight is 1120 g/mol. The van der Waals surface area contributed by atoms with Crippen LogP contribution < -0.4 is 8.37 Å². The van der Waals surface area contributed by atoms with Crippen molar-refractivity contribution in [2.45, 2.75) is 38.9 Å². The predicted molar refractivity (Wildman–Crippen MR) is 267 cm³/mol. The van der Waals surface area contributed by atoms with Crippen molar-refractivity contribution >= 4 is 61.3 Å². The smallest absolute Gasteiger partial charge is 0.354 e. The molecule has 2 N–H and O–H groups in total. The summed E-state index contributed by atoms with van der Waals surface area (Å²) < 4.78 is 68.8. The Morgan fingerprint density at radius 2 is 0.921 bits per heavy atom. The molecule has 0 aliphatic heterocycles. The second-order valence-electron chi connectivity index (χ2n) is 15.8. The number of ether oxygens (including phenoxy) is 2. The van der Waals surface area contributed by atoms with Gasteiger partial charge < -0.3 is 28.1 Å². The number of aromatic hydroxyl groups is 1. The third kappa shape index (κ3) is 15.5. The van der Waals surface area contributed by atoms with Gasteiger partial charge in [0.05, 0.1) is 109 Å². The third-order valence-corrected chi connectivity index (χ3v) is 11.7. The maximum atomic E-state index is 12.5. The number of nitrogens with zero attached hydrogens (tertiary/aromatic N) is 14. The standard InChI is InChI=1S/C18H18ClN5O5S.C17H16ClN5O3.C10H10N4O5S/c1-11(13-5-4-6-20-17(13)19)28-16(25)7-15-14(10-23-24(15)2)18-21-8-12(9-22-18)29-30(3,26)27;1-10(12-4-3-5-19-16(12)18)26-15(25)6-14-13(9-22-23(14)2)17-20-7-11(24)8-21-17;1-14-8(10(15)16)7(5-13-14)9-11-3-6(4-12-9)19-20(2,17)18/h4-6,8-11H,7H2,1-3H3;3-5,7-10,24H,6H2,1-2H3;3-5H,1-2H3,(H,15,16)/t11-;10-;/m11./s1. The van der Waals surface area contributed by atoms with E-state index < -0.39 is 50.4 Å². The second-order valence-corrected chi connectivity index (χ2v) is 19.7. The normalized spacial score (nSPS) is 12.0. The van der Waals surface area contributed by atoms with Gasteiger partial charge in [0.25, 0.3) is 0 Å². The van der Waals surface area contributed by atoms with Gasteiger partial charge in [-0.1, -0.05) is 35.3 Å². The Labute approximate surface area is 442 Å². The lowest BCUT2D eigenvalue weighted by Crippen LogP contribution is -2.15. The highest BCUT2D eigenvalue weighted by Gasteiger charge is 2.24. The van der Waals surface area contributed by atoms with E-state index in [0.29, 0.717) is 44.6 Å². The number of halogens is 2. The quantitative estimate of drug-likeness (QED) is 0.0763. The van der Waals surface area contributed by atoms with Crippen LogP contribution in [0.3, 0.4) is 0 Å². The van der Waals surface area contributed by atoms with Crippen LogP contribution in [0.1, 0.15) is 59.1 Å². The number of carbonyl (C=O) groups is 3. The molecule has 0 saturated carbocycles. The van der Waals surface area contributed by atoms with Crippen LogP contribution in [0.4, 0.5) is 0 Å². The van der Waals surface area contributed by atoms with E-state index >= 15 is 0 Å². The van der Waals surface area contributed by atoms with Gasteiger partial charge in [-0.3, -0.25) is 23.6 Å². The summed E-state index contributed by atoms with van der Waals surface area (Å²) in [5.41, 5.74) is 3.63. The van der Waals surface area contributed by atoms with E-state index in [9.17, 15) is 36.3 Å². The monoisotopic (exact) mass is 1120 g/mol. The van der Waals surface area contributed by atoms with Gasteiger partial charge in [0, 0.05) is 44.7 Å². The molecule has 0 unspecified atom stereocenters. The van der Waals surface area contributed by atoms with Crippen LogP contribution in [0.15, 0.2) is 92.4 Å². The molecule has 0 bridgehead atoms. The molecule has 27 nitrogen and oxygen atoms in total. The zero-order chi connectivity index (χ0) is 55.5. The van der Waals surface area contributed by atoms with Gasteiger partial charge in [0.15, 0.2) is 40.4 Å². The number of hydrogen-bond acceptors (Lipinski definition) is 23. The molecule has 0 spiro atoms. The summed E-state index contributed by atoms with van der Waals surface area (Å²) in [7, 11) is -2.47. The number of carbonyl (C=O) groups excluding carboxylic acids is 2. The van der Waals surface area contributed by atoms with Crippen LogP contribution >= 0.6 is 23.2 Å². The summed E-state index contributed by atoms with van der Waals surface area (Å²) in [5.74, 6) is -1.50. The summed E-state index contributed by atoms with van der Waals surface area (Å²) in [6.07, 6.45) is 15.4. The van der Waals surface area contributed by atoms with E-state index in [1.54, 1.807) is 75.5 Å². The molecule has 8 heterocycles. The highest BCUT2D eigenvalue weighted by atomic mass is 35.5. The Kier molecular flexibility index (Phi) is 18.4. The number of pyridine rings is 2. The van der Waals surface area contributed by atoms with Crippen LogP contribution in [0.25, 0.3) is 34.2 Å². The molecular formula is C45H44Cl2N14O13S2. The molecule has 8 aromatic rings. The largest absolute Gasteiger partial charge is 0.505 e. The lowest BCUT2D eigenvalue weighted by atomic mass is 10.1. The minimum atomic E-state index is -3.68. The zero-order valence-electron chi connectivity index (χ0n) is 40.9. The van der Waals surface area contributed by atoms with E-state index in [2.05, 4.69) is 59.4 Å². The van der Waals surface area contributed by atoms with Gasteiger partial charge in [-0.25, -0.2) is 44.7 Å². The Hall–Kier alpha value is -8.54. The molecule has 0 amide bonds. The molecule has 31 heteroatoms. The maximum absolute atomic E-state index is 12.5. The molecule has 0 fully saturated rings. The molecule has 0 radical (unpaired) electrons. The SMILES string of the molecule is C[C@@H](OC(=O)Cc1c(-c2ncc(O)cn2)cnn1C)c1cccnc1Cl.C[C@@H](OC(=O)Cc1c(-c2ncc(OS(C)(=O)=O)cn2)cnn1C)c1cccnc1Cl.Cn1ncc(-c2ncc(OS(C)(=O)=O)cn2)c1C(=O)O. The first-order valence-corrected chi connectivity index (χ1v) is 26.1. The Balaban J connectivity index is 0.000000189. The number of carboxylic acids is 1. The molecule has 0 aliphatic carbocycles. The molecule has 8 aromatic heterocycles. The summed E-state index contributed by atoms with van der Waals surface area (Å²) in [6, 6.07) is 6.93. The van der Waals surface area contributed by atoms with E-state index in [-0.39, 0.29) is 58.1 Å². The summed E-state index contributed by atoms with van der Waals surface area (Å²) in [5, 5.41) is 31.1. The van der Waals surface area contributed by atoms with Crippen molar-refractivity contribution < 1.29 is 59.3 Å². The number of hydrogen-bond donors (Lipinski definition) is 2. The van der Waals surface area contributed by atoms with Crippen molar-refractivity contribution in [2.24, 2.45) is 21.1 Å². The van der Waals surface area contributed by atoms with Crippen molar-refractivity contribution in [3.05, 3.63) is 131 Å². The number of carboxylic acid groups (broad SMARTS) is 1. The fraction of sp³-hybridized carbons (Fsp3) is 0.244. The van der Waals surface area contributed by atoms with Crippen LogP contribution in [0.2, 0.25) is 10.3 Å². The van der Waals surface area contributed by atoms with Crippen molar-refractivity contribution in [3.63, 3.8) is 0 Å². The van der Waals surface area contributed by atoms with Gasteiger partial charge in [0.1, 0.15) is 22.5 Å². The molecule has 398 valence electrons. The molecule has 0 saturated heterocycles. The Morgan fingerprint density at radius 1 is 0.566 bits per heavy atom. The number of aromatic carboxylic acids is 1. The predicted octanol–water partition coefficient (Wildman–Crippen LogP) is 4.50. The van der Waals surface area contributed by atoms with E-state index in [0.717, 1.165) is 24.9 Å². The fourth-order valence-corrected chi connectivity index (χ4v) is 8.08. The highest BCUT2D eigenvalue weighted by molar-refractivity contribution is 7.86. The molecule has 8 rings (SSSR count). The minimum Gasteiger partial charge on any atom is -0.505 e. The topological polar surface area (TPSA) is 353 Å². The van der Waals surface area contributed by atoms with Gasteiger partial charge in [-0.15, -0.1) is 0 Å². The van der Waals surface area contributed by atoms with Crippen LogP contribution in [0.5, 0.6) is 17.2 Å². The van der Waals surface area contributed by atoms with Gasteiger partial charge in [-0.05, 0) is 26.0 Å². The fourth-order valence-electron chi connectivity index (χ4n) is 6.66. The molecule has 0 aliphatic rings. The van der Waals surface area contributed by atoms with Gasteiger partial charge in [0.2, 0.25) is 0 Å². The molecular weight excluding hydrogens is 1080 g/mol. The van der Waals surface area contributed by atoms with Gasteiger partial charge in [-0.2, -0.15) is 32.1 Å². The van der Waals surface area contributed by atoms with Crippen molar-refractivity contribution in [2.75, 3.05) is 12.5 Å². The van der Waals surface area contributed by atoms with E-state index in [1.165, 1.54) is 53.6 Å². The summed E-state index contributed by atoms with van der Waals surface area (Å²) in [6.45, 7) is 3.43. The van der Waals surface area contributed by atoms with E-state index in [4.69, 9.17) is 42.0 Å². The van der Waals surface area contributed by atoms with Crippen molar-refractivity contribution in [1.29, 1.82) is 0 Å². The number of rotatable bonds is 16. The number of aryl methyl sites for hydroxylation is 3. The summed E-state index contributed by atoms with van der Waals surface area (Å²) in [4.78, 5) is 68.0. The van der Waals surface area contributed by atoms with Crippen LogP contribution in [-0.2, 0) is 73.3 Å². The first kappa shape index (κ1) is 56.8. The lowest BCUT2D eigenvalue weighted by Gasteiger charge is -2.14. The average Bonchev–Trinajstić information content (AvgIpc) is 4.04. The Bertz CT molecular complexity index is 3580. The zero-order valence-corrected chi connectivity index (χ0v) is 44.1. The highest BCUT2D eigenvalue weighted by Crippen LogP contribution is 2.28. The maximum Gasteiger partial charge on any atom is 0.354 e. The first-order valence-electron chi connectivity index (χ1n) is 21.7. The van der Waals surface area contributed by atoms with Crippen LogP contribution in [-0.4, -0.2) is 127 Å². The molecule has 0 aromatic carbocycles. The lowest BCUT2D eigenvalue weighted by molar-refractivity contribution is -0.148. The first-order chi connectivity index (χ1) is 35.9. The minimum absolute atomic E-state index is 0.0156. The summed E-state index contributed by atoms with van der Waals surface area (Å²) >= 11 is 12.1. The Morgan fingerprint density at radius 3 is 1.29 bits per heavy atom. The number of esters is 2. The molecule has 2 atom stereocenters. The van der Waals surface area contributed by atoms with Crippen molar-refractivity contribution in [3.8, 4) is 51.4 Å². The van der Waals surface area contributed by atoms with Crippen molar-refractivity contribution in [1.82, 2.24) is 69.2 Å². The number of aromatic nitrogens is 14. The van der Waals surface area contributed by atoms with Crippen LogP contribution in [0, 0.1) is 0 Å². The van der Waals surface area contributed by atoms with E-state index in [1.807, 2.05) is 0 Å². The molecule has 76 heavy (non-hydrogen) atoms. The van der Waals surface area contributed by atoms with Gasteiger partial charge >= 0.3 is 38.1 Å².